The third kappa shape index (κ3) is 1.25. The van der Waals surface area contributed by atoms with Crippen molar-refractivity contribution in [2.75, 3.05) is 34.4 Å². The molecule has 0 spiro atoms. The van der Waals surface area contributed by atoms with Gasteiger partial charge in [0.15, 0.2) is 0 Å². The number of hydrogen-bond donors (Lipinski definition) is 0. The minimum Gasteiger partial charge on any atom is -0.379 e. The Balaban J connectivity index is 2.28. The Morgan fingerprint density at radius 3 is 2.33 bits per heavy atom. The third-order valence-electron chi connectivity index (χ3n) is 2.39. The second kappa shape index (κ2) is 2.27. The quantitative estimate of drug-likeness (QED) is 0.494. The van der Waals surface area contributed by atoms with Crippen molar-refractivity contribution in [3.63, 3.8) is 0 Å². The fourth-order valence-corrected chi connectivity index (χ4v) is 1.31. The van der Waals surface area contributed by atoms with E-state index in [0.29, 0.717) is 0 Å². The maximum Gasteiger partial charge on any atom is 0.118 e. The van der Waals surface area contributed by atoms with Crippen LogP contribution in [0.5, 0.6) is 0 Å². The van der Waals surface area contributed by atoms with E-state index < -0.39 is 0 Å². The minimum absolute atomic E-state index is 0.759. The second-order valence-corrected chi connectivity index (χ2v) is 3.40. The van der Waals surface area contributed by atoms with E-state index in [2.05, 4.69) is 14.1 Å². The van der Waals surface area contributed by atoms with Crippen LogP contribution in [0.25, 0.3) is 0 Å². The molecular formula is C7H16NO+. The lowest BCUT2D eigenvalue weighted by molar-refractivity contribution is -0.955. The molecule has 0 bridgehead atoms. The molecule has 0 aromatic rings. The van der Waals surface area contributed by atoms with Crippen LogP contribution in [-0.4, -0.2) is 44.9 Å². The van der Waals surface area contributed by atoms with E-state index in [1.165, 1.54) is 13.0 Å². The molecule has 0 radical (unpaired) electrons. The monoisotopic (exact) mass is 130 g/mol. The van der Waals surface area contributed by atoms with Gasteiger partial charge in [-0.1, -0.05) is 0 Å². The summed E-state index contributed by atoms with van der Waals surface area (Å²) in [7, 11) is 6.29. The van der Waals surface area contributed by atoms with Gasteiger partial charge in [-0.25, -0.2) is 0 Å². The zero-order valence-corrected chi connectivity index (χ0v) is 6.55. The van der Waals surface area contributed by atoms with Gasteiger partial charge in [-0.05, 0) is 0 Å². The summed E-state index contributed by atoms with van der Waals surface area (Å²) in [4.78, 5) is 0. The van der Waals surface area contributed by atoms with Crippen molar-refractivity contribution in [2.24, 2.45) is 0 Å². The Kier molecular flexibility index (Phi) is 1.78. The molecule has 1 rings (SSSR count). The van der Waals surface area contributed by atoms with Gasteiger partial charge in [-0.3, -0.25) is 0 Å². The predicted molar refractivity (Wildman–Crippen MR) is 37.3 cm³/mol. The van der Waals surface area contributed by atoms with Gasteiger partial charge in [0, 0.05) is 7.11 Å². The number of methoxy groups -OCH3 is 1. The Hall–Kier alpha value is -0.0800. The van der Waals surface area contributed by atoms with Crippen LogP contribution in [0.1, 0.15) is 6.42 Å². The Morgan fingerprint density at radius 1 is 1.56 bits per heavy atom. The number of nitrogens with zero attached hydrogens (tertiary/aromatic N) is 1. The summed E-state index contributed by atoms with van der Waals surface area (Å²) in [6.07, 6.45) is 1.33. The van der Waals surface area contributed by atoms with Crippen LogP contribution in [0.2, 0.25) is 0 Å². The summed E-state index contributed by atoms with van der Waals surface area (Å²) < 4.78 is 6.21. The van der Waals surface area contributed by atoms with E-state index in [1.807, 2.05) is 0 Å². The molecule has 0 aliphatic carbocycles. The van der Waals surface area contributed by atoms with Gasteiger partial charge in [-0.2, -0.15) is 0 Å². The molecule has 0 amide bonds. The lowest BCUT2D eigenvalue weighted by Crippen LogP contribution is -2.61. The van der Waals surface area contributed by atoms with Gasteiger partial charge in [0.05, 0.1) is 33.7 Å². The number of rotatable bonds is 2. The number of ether oxygens (including phenoxy) is 1. The van der Waals surface area contributed by atoms with Crippen LogP contribution in [0, 0.1) is 0 Å². The summed E-state index contributed by atoms with van der Waals surface area (Å²) in [5.41, 5.74) is 0. The second-order valence-electron chi connectivity index (χ2n) is 3.40. The van der Waals surface area contributed by atoms with Crippen molar-refractivity contribution in [2.45, 2.75) is 12.5 Å². The largest absolute Gasteiger partial charge is 0.379 e. The first-order valence-electron chi connectivity index (χ1n) is 3.48. The molecule has 0 aromatic carbocycles. The van der Waals surface area contributed by atoms with Crippen LogP contribution >= 0.6 is 0 Å². The average molecular weight is 130 g/mol. The van der Waals surface area contributed by atoms with Gasteiger partial charge in [0.25, 0.3) is 0 Å². The highest BCUT2D eigenvalue weighted by atomic mass is 16.5. The van der Waals surface area contributed by atoms with Crippen molar-refractivity contribution < 1.29 is 9.22 Å². The van der Waals surface area contributed by atoms with Crippen molar-refractivity contribution in [3.8, 4) is 0 Å². The number of likely N-dealkylation sites (tertiary alicyclic amines) is 1. The predicted octanol–water partition coefficient (Wildman–Crippen LogP) is 0.482. The molecule has 0 saturated carbocycles. The normalized spacial score (nSPS) is 31.7. The maximum absolute atomic E-state index is 5.07. The topological polar surface area (TPSA) is 9.23 Å². The van der Waals surface area contributed by atoms with Gasteiger partial charge < -0.3 is 9.22 Å². The van der Waals surface area contributed by atoms with E-state index >= 15 is 0 Å². The van der Waals surface area contributed by atoms with E-state index in [-0.39, 0.29) is 0 Å². The average Bonchev–Trinajstić information content (AvgIpc) is 1.81. The molecule has 1 aliphatic rings. The highest BCUT2D eigenvalue weighted by molar-refractivity contribution is 4.65. The van der Waals surface area contributed by atoms with Crippen LogP contribution in [0.3, 0.4) is 0 Å². The molecule has 2 heteroatoms. The SMILES string of the molecule is COCC1CC[N+]1(C)C. The summed E-state index contributed by atoms with van der Waals surface area (Å²) in [5.74, 6) is 0. The summed E-state index contributed by atoms with van der Waals surface area (Å²) in [5, 5.41) is 0. The molecule has 0 aromatic heterocycles. The lowest BCUT2D eigenvalue weighted by atomic mass is 10.0. The molecule has 1 atom stereocenters. The van der Waals surface area contributed by atoms with Gasteiger partial charge >= 0.3 is 0 Å². The van der Waals surface area contributed by atoms with Crippen molar-refractivity contribution >= 4 is 0 Å². The Morgan fingerprint density at radius 2 is 2.22 bits per heavy atom. The smallest absolute Gasteiger partial charge is 0.118 e. The molecule has 1 aliphatic heterocycles. The number of hydrogen-bond acceptors (Lipinski definition) is 1. The van der Waals surface area contributed by atoms with E-state index in [1.54, 1.807) is 7.11 Å². The van der Waals surface area contributed by atoms with Crippen molar-refractivity contribution in [3.05, 3.63) is 0 Å². The van der Waals surface area contributed by atoms with Crippen LogP contribution < -0.4 is 0 Å². The molecule has 9 heavy (non-hydrogen) atoms. The summed E-state index contributed by atoms with van der Waals surface area (Å²) in [6.45, 7) is 2.24. The lowest BCUT2D eigenvalue weighted by Gasteiger charge is -2.46. The van der Waals surface area contributed by atoms with Crippen LogP contribution in [0.4, 0.5) is 0 Å². The Labute approximate surface area is 57.0 Å². The first kappa shape index (κ1) is 7.03. The van der Waals surface area contributed by atoms with Crippen molar-refractivity contribution in [1.82, 2.24) is 0 Å². The summed E-state index contributed by atoms with van der Waals surface area (Å²) in [6, 6.07) is 0.759. The zero-order valence-electron chi connectivity index (χ0n) is 6.55. The molecule has 1 unspecified atom stereocenters. The molecule has 2 nitrogen and oxygen atoms in total. The van der Waals surface area contributed by atoms with Crippen LogP contribution in [0.15, 0.2) is 0 Å². The highest BCUT2D eigenvalue weighted by Gasteiger charge is 2.37. The van der Waals surface area contributed by atoms with E-state index in [0.717, 1.165) is 17.1 Å². The fourth-order valence-electron chi connectivity index (χ4n) is 1.31. The summed E-state index contributed by atoms with van der Waals surface area (Å²) >= 11 is 0. The molecule has 1 saturated heterocycles. The molecule has 0 N–H and O–H groups in total. The highest BCUT2D eigenvalue weighted by Crippen LogP contribution is 2.22. The molecule has 1 heterocycles. The fraction of sp³-hybridized carbons (Fsp3) is 1.00. The van der Waals surface area contributed by atoms with Crippen molar-refractivity contribution in [1.29, 1.82) is 0 Å². The zero-order chi connectivity index (χ0) is 6.91. The first-order chi connectivity index (χ1) is 4.17. The van der Waals surface area contributed by atoms with E-state index in [9.17, 15) is 0 Å². The molecule has 54 valence electrons. The van der Waals surface area contributed by atoms with Crippen LogP contribution in [-0.2, 0) is 4.74 Å². The van der Waals surface area contributed by atoms with Gasteiger partial charge in [0.1, 0.15) is 6.04 Å². The van der Waals surface area contributed by atoms with Gasteiger partial charge in [-0.15, -0.1) is 0 Å². The number of quaternary nitrogens is 1. The number of likely N-dealkylation sites (N-methyl/N-ethyl adjacent to an activating group) is 1. The minimum atomic E-state index is 0.759. The standard InChI is InChI=1S/C7H16NO/c1-8(2)5-4-7(8)6-9-3/h7H,4-6H2,1-3H3/q+1. The molecular weight excluding hydrogens is 114 g/mol. The first-order valence-corrected chi connectivity index (χ1v) is 3.48. The van der Waals surface area contributed by atoms with Gasteiger partial charge in [0.2, 0.25) is 0 Å². The molecule has 1 fully saturated rings. The Bertz CT molecular complexity index is 101. The van der Waals surface area contributed by atoms with E-state index in [4.69, 9.17) is 4.74 Å². The third-order valence-corrected chi connectivity index (χ3v) is 2.39. The maximum atomic E-state index is 5.07.